The van der Waals surface area contributed by atoms with Crippen LogP contribution in [-0.2, 0) is 16.0 Å². The maximum atomic E-state index is 13.8. The first-order chi connectivity index (χ1) is 16.0. The molecule has 0 spiro atoms. The highest BCUT2D eigenvalue weighted by molar-refractivity contribution is 5.81. The second-order valence-corrected chi connectivity index (χ2v) is 7.95. The van der Waals surface area contributed by atoms with E-state index in [-0.39, 0.29) is 37.4 Å². The highest BCUT2D eigenvalue weighted by atomic mass is 19.1. The van der Waals surface area contributed by atoms with Crippen LogP contribution >= 0.6 is 0 Å². The van der Waals surface area contributed by atoms with E-state index < -0.39 is 29.7 Å². The minimum Gasteiger partial charge on any atom is -0.480 e. The lowest BCUT2D eigenvalue weighted by atomic mass is 9.98. The number of ether oxygens (including phenoxy) is 1. The molecule has 2 N–H and O–H groups in total. The fourth-order valence-corrected chi connectivity index (χ4v) is 4.29. The molecule has 3 aromatic carbocycles. The third kappa shape index (κ3) is 4.87. The van der Waals surface area contributed by atoms with Crippen LogP contribution in [0.15, 0.2) is 66.7 Å². The molecule has 0 heterocycles. The third-order valence-electron chi connectivity index (χ3n) is 5.92. The van der Waals surface area contributed by atoms with Gasteiger partial charge >= 0.3 is 12.1 Å². The van der Waals surface area contributed by atoms with Crippen LogP contribution in [0.1, 0.15) is 35.4 Å². The van der Waals surface area contributed by atoms with Gasteiger partial charge in [0.1, 0.15) is 24.3 Å². The molecule has 1 aliphatic rings. The Morgan fingerprint density at radius 2 is 1.48 bits per heavy atom. The molecular weight excluding hydrogens is 428 g/mol. The molecule has 1 atom stereocenters. The van der Waals surface area contributed by atoms with E-state index in [2.05, 4.69) is 5.32 Å². The molecule has 0 aliphatic heterocycles. The summed E-state index contributed by atoms with van der Waals surface area (Å²) in [6.45, 7) is 0.0621. The van der Waals surface area contributed by atoms with Gasteiger partial charge in [0, 0.05) is 11.5 Å². The van der Waals surface area contributed by atoms with Crippen molar-refractivity contribution >= 4 is 12.1 Å². The van der Waals surface area contributed by atoms with Crippen LogP contribution in [0.3, 0.4) is 0 Å². The van der Waals surface area contributed by atoms with Gasteiger partial charge < -0.3 is 15.2 Å². The van der Waals surface area contributed by atoms with E-state index in [1.54, 1.807) is 0 Å². The molecule has 5 nitrogen and oxygen atoms in total. The summed E-state index contributed by atoms with van der Waals surface area (Å²) in [4.78, 5) is 23.9. The summed E-state index contributed by atoms with van der Waals surface area (Å²) in [6, 6.07) is 18.1. The molecule has 0 aromatic heterocycles. The van der Waals surface area contributed by atoms with Gasteiger partial charge in [0.2, 0.25) is 0 Å². The topological polar surface area (TPSA) is 75.6 Å². The molecule has 0 saturated heterocycles. The summed E-state index contributed by atoms with van der Waals surface area (Å²) >= 11 is 0. The number of hydrogen-bond donors (Lipinski definition) is 2. The quantitative estimate of drug-likeness (QED) is 0.489. The van der Waals surface area contributed by atoms with E-state index in [0.29, 0.717) is 0 Å². The second-order valence-electron chi connectivity index (χ2n) is 7.95. The van der Waals surface area contributed by atoms with Crippen molar-refractivity contribution in [3.63, 3.8) is 0 Å². The van der Waals surface area contributed by atoms with Crippen molar-refractivity contribution in [2.45, 2.75) is 31.2 Å². The summed E-state index contributed by atoms with van der Waals surface area (Å²) in [5, 5.41) is 11.8. The minimum atomic E-state index is -1.24. The molecule has 170 valence electrons. The Labute approximate surface area is 190 Å². The molecule has 3 aromatic rings. The molecule has 4 rings (SSSR count). The molecule has 0 bridgehead atoms. The van der Waals surface area contributed by atoms with Gasteiger partial charge in [-0.2, -0.15) is 0 Å². The number of alkyl carbamates (subject to hydrolysis) is 1. The largest absolute Gasteiger partial charge is 0.480 e. The lowest BCUT2D eigenvalue weighted by molar-refractivity contribution is -0.139. The van der Waals surface area contributed by atoms with Gasteiger partial charge in [-0.3, -0.25) is 0 Å². The number of hydrogen-bond acceptors (Lipinski definition) is 3. The van der Waals surface area contributed by atoms with Crippen molar-refractivity contribution in [2.24, 2.45) is 0 Å². The first-order valence-corrected chi connectivity index (χ1v) is 10.7. The van der Waals surface area contributed by atoms with E-state index in [1.165, 1.54) is 6.07 Å². The van der Waals surface area contributed by atoms with Crippen molar-refractivity contribution in [1.82, 2.24) is 5.32 Å². The minimum absolute atomic E-state index is 0.00725. The van der Waals surface area contributed by atoms with E-state index in [9.17, 15) is 23.5 Å². The number of fused-ring (bicyclic) bond motifs is 3. The fraction of sp³-hybridized carbons (Fsp3) is 0.231. The summed E-state index contributed by atoms with van der Waals surface area (Å²) in [5.74, 6) is -2.73. The number of rotatable bonds is 8. The molecular formula is C26H23F2NO4. The maximum Gasteiger partial charge on any atom is 0.407 e. The van der Waals surface area contributed by atoms with Crippen LogP contribution < -0.4 is 5.32 Å². The molecule has 0 unspecified atom stereocenters. The predicted molar refractivity (Wildman–Crippen MR) is 119 cm³/mol. The van der Waals surface area contributed by atoms with Gasteiger partial charge in [0.15, 0.2) is 0 Å². The number of benzene rings is 3. The third-order valence-corrected chi connectivity index (χ3v) is 5.92. The van der Waals surface area contributed by atoms with Crippen molar-refractivity contribution in [3.8, 4) is 11.1 Å². The molecule has 7 heteroatoms. The number of carboxylic acid groups (broad SMARTS) is 1. The monoisotopic (exact) mass is 451 g/mol. The molecule has 33 heavy (non-hydrogen) atoms. The van der Waals surface area contributed by atoms with Gasteiger partial charge in [0.05, 0.1) is 0 Å². The number of carbonyl (C=O) groups is 2. The number of halogens is 2. The van der Waals surface area contributed by atoms with E-state index in [4.69, 9.17) is 4.74 Å². The SMILES string of the molecule is O=C(N[C@@H](CCCc1c(F)cccc1F)C(=O)O)OCC1c2ccccc2-c2ccccc21. The molecule has 0 saturated carbocycles. The Bertz CT molecular complexity index is 1110. The average Bonchev–Trinajstić information content (AvgIpc) is 3.12. The zero-order valence-electron chi connectivity index (χ0n) is 17.8. The number of aliphatic carboxylic acids is 1. The van der Waals surface area contributed by atoms with Crippen molar-refractivity contribution in [2.75, 3.05) is 6.61 Å². The molecule has 1 amide bonds. The first kappa shape index (κ1) is 22.5. The Balaban J connectivity index is 1.35. The molecule has 1 aliphatic carbocycles. The van der Waals surface area contributed by atoms with E-state index >= 15 is 0 Å². The summed E-state index contributed by atoms with van der Waals surface area (Å²) in [5.41, 5.74) is 4.18. The smallest absolute Gasteiger partial charge is 0.407 e. The van der Waals surface area contributed by atoms with Crippen LogP contribution in [0, 0.1) is 11.6 Å². The highest BCUT2D eigenvalue weighted by Gasteiger charge is 2.29. The van der Waals surface area contributed by atoms with E-state index in [1.807, 2.05) is 48.5 Å². The first-order valence-electron chi connectivity index (χ1n) is 10.7. The lowest BCUT2D eigenvalue weighted by Gasteiger charge is -2.17. The number of carbonyl (C=O) groups excluding carboxylic acids is 1. The van der Waals surface area contributed by atoms with Crippen LogP contribution in [-0.4, -0.2) is 29.8 Å². The van der Waals surface area contributed by atoms with Crippen LogP contribution in [0.5, 0.6) is 0 Å². The summed E-state index contributed by atoms with van der Waals surface area (Å²) < 4.78 is 32.9. The average molecular weight is 451 g/mol. The predicted octanol–water partition coefficient (Wildman–Crippen LogP) is 5.28. The molecule has 0 fully saturated rings. The summed E-state index contributed by atoms with van der Waals surface area (Å²) in [7, 11) is 0. The highest BCUT2D eigenvalue weighted by Crippen LogP contribution is 2.44. The Morgan fingerprint density at radius 3 is 2.06 bits per heavy atom. The Morgan fingerprint density at radius 1 is 0.909 bits per heavy atom. The lowest BCUT2D eigenvalue weighted by Crippen LogP contribution is -2.41. The van der Waals surface area contributed by atoms with Crippen molar-refractivity contribution in [1.29, 1.82) is 0 Å². The number of nitrogens with one attached hydrogen (secondary N) is 1. The zero-order valence-corrected chi connectivity index (χ0v) is 17.8. The maximum absolute atomic E-state index is 13.8. The normalized spacial score (nSPS) is 13.2. The van der Waals surface area contributed by atoms with Gasteiger partial charge in [-0.1, -0.05) is 54.6 Å². The Kier molecular flexibility index (Phi) is 6.68. The van der Waals surface area contributed by atoms with Crippen LogP contribution in [0.4, 0.5) is 13.6 Å². The van der Waals surface area contributed by atoms with Crippen LogP contribution in [0.25, 0.3) is 11.1 Å². The van der Waals surface area contributed by atoms with E-state index in [0.717, 1.165) is 34.4 Å². The standard InChI is InChI=1S/C26H23F2NO4/c27-22-12-6-13-23(28)20(22)11-5-14-24(25(30)31)29-26(32)33-15-21-18-9-3-1-7-16(18)17-8-2-4-10-19(17)21/h1-4,6-10,12-13,21,24H,5,11,14-15H2,(H,29,32)(H,30,31)/t24-/m0/s1. The Hall–Kier alpha value is -3.74. The van der Waals surface area contributed by atoms with Crippen molar-refractivity contribution in [3.05, 3.63) is 95.1 Å². The van der Waals surface area contributed by atoms with Gasteiger partial charge in [0.25, 0.3) is 0 Å². The number of amides is 1. The van der Waals surface area contributed by atoms with Gasteiger partial charge in [-0.05, 0) is 53.6 Å². The zero-order chi connectivity index (χ0) is 23.4. The van der Waals surface area contributed by atoms with Gasteiger partial charge in [-0.15, -0.1) is 0 Å². The van der Waals surface area contributed by atoms with Gasteiger partial charge in [-0.25, -0.2) is 18.4 Å². The second kappa shape index (κ2) is 9.81. The fourth-order valence-electron chi connectivity index (χ4n) is 4.29. The number of carboxylic acids is 1. The van der Waals surface area contributed by atoms with Crippen molar-refractivity contribution < 1.29 is 28.2 Å². The van der Waals surface area contributed by atoms with Crippen LogP contribution in [0.2, 0.25) is 0 Å². The molecule has 0 radical (unpaired) electrons. The summed E-state index contributed by atoms with van der Waals surface area (Å²) in [6.07, 6.45) is -0.637.